The lowest BCUT2D eigenvalue weighted by atomic mass is 9.84. The fourth-order valence-electron chi connectivity index (χ4n) is 5.14. The molecule has 0 aliphatic heterocycles. The lowest BCUT2D eigenvalue weighted by Gasteiger charge is -2.26. The van der Waals surface area contributed by atoms with Gasteiger partial charge in [-0.1, -0.05) is 61.7 Å². The predicted molar refractivity (Wildman–Crippen MR) is 151 cm³/mol. The SMILES string of the molecule is O=C(NC[C@@H](O)C(=O)O)c1ccc(CN(C(=O)Cc2cccc(C(F)(F)F)c2)c2ccc(C3CCCCC3)cc2)cc1. The van der Waals surface area contributed by atoms with Gasteiger partial charge in [-0.05, 0) is 65.8 Å². The number of nitrogens with one attached hydrogen (secondary N) is 1. The zero-order valence-corrected chi connectivity index (χ0v) is 22.9. The number of aliphatic hydroxyl groups is 1. The first-order chi connectivity index (χ1) is 20.0. The Balaban J connectivity index is 1.54. The van der Waals surface area contributed by atoms with E-state index in [1.807, 2.05) is 24.3 Å². The van der Waals surface area contributed by atoms with Gasteiger partial charge >= 0.3 is 12.1 Å². The van der Waals surface area contributed by atoms with Gasteiger partial charge in [-0.15, -0.1) is 0 Å². The molecule has 1 fully saturated rings. The van der Waals surface area contributed by atoms with Crippen molar-refractivity contribution in [3.05, 3.63) is 101 Å². The Morgan fingerprint density at radius 1 is 0.905 bits per heavy atom. The minimum Gasteiger partial charge on any atom is -0.479 e. The van der Waals surface area contributed by atoms with Crippen LogP contribution in [-0.4, -0.2) is 40.6 Å². The Morgan fingerprint density at radius 2 is 1.57 bits per heavy atom. The molecule has 0 unspecified atom stereocenters. The summed E-state index contributed by atoms with van der Waals surface area (Å²) < 4.78 is 39.8. The summed E-state index contributed by atoms with van der Waals surface area (Å²) in [4.78, 5) is 38.2. The Bertz CT molecular complexity index is 1380. The van der Waals surface area contributed by atoms with Crippen molar-refractivity contribution in [1.29, 1.82) is 0 Å². The van der Waals surface area contributed by atoms with Crippen LogP contribution >= 0.6 is 0 Å². The molecule has 0 saturated heterocycles. The summed E-state index contributed by atoms with van der Waals surface area (Å²) in [5.41, 5.74) is 2.14. The highest BCUT2D eigenvalue weighted by Crippen LogP contribution is 2.34. The molecular weight excluding hydrogens is 549 g/mol. The third-order valence-corrected chi connectivity index (χ3v) is 7.49. The number of benzene rings is 3. The van der Waals surface area contributed by atoms with Crippen LogP contribution in [0, 0.1) is 0 Å². The number of hydrogen-bond donors (Lipinski definition) is 3. The van der Waals surface area contributed by atoms with Crippen LogP contribution in [0.15, 0.2) is 72.8 Å². The number of anilines is 1. The van der Waals surface area contributed by atoms with Crippen molar-refractivity contribution in [3.63, 3.8) is 0 Å². The van der Waals surface area contributed by atoms with E-state index in [0.717, 1.165) is 25.0 Å². The van der Waals surface area contributed by atoms with Crippen molar-refractivity contribution in [2.24, 2.45) is 0 Å². The van der Waals surface area contributed by atoms with E-state index in [9.17, 15) is 32.7 Å². The van der Waals surface area contributed by atoms with E-state index in [4.69, 9.17) is 5.11 Å². The zero-order valence-electron chi connectivity index (χ0n) is 22.9. The minimum atomic E-state index is -4.52. The Hall–Kier alpha value is -4.18. The predicted octanol–water partition coefficient (Wildman–Crippen LogP) is 5.70. The van der Waals surface area contributed by atoms with Crippen LogP contribution in [0.1, 0.15) is 70.6 Å². The highest BCUT2D eigenvalue weighted by molar-refractivity contribution is 5.95. The second-order valence-corrected chi connectivity index (χ2v) is 10.5. The van der Waals surface area contributed by atoms with Crippen molar-refractivity contribution < 1.29 is 37.8 Å². The average molecular weight is 583 g/mol. The molecule has 2 amide bonds. The van der Waals surface area contributed by atoms with Crippen LogP contribution in [0.25, 0.3) is 0 Å². The van der Waals surface area contributed by atoms with E-state index < -0.39 is 36.3 Å². The molecule has 3 aromatic carbocycles. The first-order valence-electron chi connectivity index (χ1n) is 13.9. The number of hydrogen-bond acceptors (Lipinski definition) is 4. The van der Waals surface area contributed by atoms with Crippen LogP contribution in [-0.2, 0) is 28.7 Å². The molecule has 0 radical (unpaired) electrons. The van der Waals surface area contributed by atoms with E-state index in [1.165, 1.54) is 54.0 Å². The van der Waals surface area contributed by atoms with Gasteiger partial charge in [0.25, 0.3) is 5.91 Å². The fourth-order valence-corrected chi connectivity index (χ4v) is 5.14. The van der Waals surface area contributed by atoms with E-state index in [1.54, 1.807) is 12.1 Å². The Labute approximate surface area is 242 Å². The molecular formula is C32H33F3N2O5. The average Bonchev–Trinajstić information content (AvgIpc) is 2.99. The summed E-state index contributed by atoms with van der Waals surface area (Å²) in [6.45, 7) is -0.342. The quantitative estimate of drug-likeness (QED) is 0.284. The second kappa shape index (κ2) is 13.7. The van der Waals surface area contributed by atoms with E-state index in [-0.39, 0.29) is 30.0 Å². The van der Waals surface area contributed by atoms with Crippen molar-refractivity contribution >= 4 is 23.5 Å². The minimum absolute atomic E-state index is 0.111. The number of aliphatic carboxylic acids is 1. The van der Waals surface area contributed by atoms with Crippen LogP contribution in [0.5, 0.6) is 0 Å². The molecule has 1 aliphatic rings. The zero-order chi connectivity index (χ0) is 30.3. The van der Waals surface area contributed by atoms with Crippen molar-refractivity contribution in [2.45, 2.75) is 63.3 Å². The molecule has 10 heteroatoms. The van der Waals surface area contributed by atoms with Gasteiger partial charge in [0, 0.05) is 11.3 Å². The fraction of sp³-hybridized carbons (Fsp3) is 0.344. The van der Waals surface area contributed by atoms with Crippen LogP contribution in [0.3, 0.4) is 0 Å². The Kier molecular flexibility index (Phi) is 10.0. The normalized spacial score (nSPS) is 14.7. The van der Waals surface area contributed by atoms with Gasteiger partial charge in [0.1, 0.15) is 0 Å². The number of rotatable bonds is 10. The monoisotopic (exact) mass is 582 g/mol. The second-order valence-electron chi connectivity index (χ2n) is 10.5. The molecule has 0 bridgehead atoms. The summed E-state index contributed by atoms with van der Waals surface area (Å²) in [6.07, 6.45) is -0.649. The lowest BCUT2D eigenvalue weighted by molar-refractivity contribution is -0.146. The molecule has 4 rings (SSSR count). The molecule has 42 heavy (non-hydrogen) atoms. The molecule has 222 valence electrons. The van der Waals surface area contributed by atoms with Gasteiger partial charge in [-0.25, -0.2) is 4.79 Å². The molecule has 3 N–H and O–H groups in total. The van der Waals surface area contributed by atoms with E-state index in [2.05, 4.69) is 5.32 Å². The van der Waals surface area contributed by atoms with Crippen molar-refractivity contribution in [2.75, 3.05) is 11.4 Å². The third-order valence-electron chi connectivity index (χ3n) is 7.49. The van der Waals surface area contributed by atoms with Gasteiger partial charge < -0.3 is 20.4 Å². The van der Waals surface area contributed by atoms with E-state index in [0.29, 0.717) is 17.2 Å². The van der Waals surface area contributed by atoms with Gasteiger partial charge in [0.15, 0.2) is 6.10 Å². The van der Waals surface area contributed by atoms with Crippen LogP contribution in [0.4, 0.5) is 18.9 Å². The maximum absolute atomic E-state index is 13.6. The topological polar surface area (TPSA) is 107 Å². The van der Waals surface area contributed by atoms with Crippen LogP contribution in [0.2, 0.25) is 0 Å². The summed E-state index contributed by atoms with van der Waals surface area (Å²) in [5.74, 6) is -1.94. The van der Waals surface area contributed by atoms with Crippen molar-refractivity contribution in [3.8, 4) is 0 Å². The van der Waals surface area contributed by atoms with Crippen LogP contribution < -0.4 is 10.2 Å². The van der Waals surface area contributed by atoms with Gasteiger partial charge in [0.05, 0.1) is 25.1 Å². The number of carboxylic acid groups (broad SMARTS) is 1. The summed E-state index contributed by atoms with van der Waals surface area (Å²) in [6, 6.07) is 18.8. The number of halogens is 3. The maximum atomic E-state index is 13.6. The number of aliphatic hydroxyl groups excluding tert-OH is 1. The largest absolute Gasteiger partial charge is 0.479 e. The smallest absolute Gasteiger partial charge is 0.416 e. The summed E-state index contributed by atoms with van der Waals surface area (Å²) >= 11 is 0. The number of carbonyl (C=O) groups is 3. The van der Waals surface area contributed by atoms with E-state index >= 15 is 0 Å². The summed E-state index contributed by atoms with van der Waals surface area (Å²) in [5, 5.41) is 20.5. The first kappa shape index (κ1) is 30.8. The first-order valence-corrected chi connectivity index (χ1v) is 13.9. The van der Waals surface area contributed by atoms with Gasteiger partial charge in [-0.3, -0.25) is 9.59 Å². The Morgan fingerprint density at radius 3 is 2.19 bits per heavy atom. The lowest BCUT2D eigenvalue weighted by Crippen LogP contribution is -2.36. The number of amides is 2. The number of alkyl halides is 3. The third kappa shape index (κ3) is 8.19. The highest BCUT2D eigenvalue weighted by Gasteiger charge is 2.30. The van der Waals surface area contributed by atoms with Gasteiger partial charge in [0.2, 0.25) is 5.91 Å². The highest BCUT2D eigenvalue weighted by atomic mass is 19.4. The molecule has 1 aliphatic carbocycles. The maximum Gasteiger partial charge on any atom is 0.416 e. The molecule has 7 nitrogen and oxygen atoms in total. The molecule has 1 saturated carbocycles. The number of carboxylic acids is 1. The molecule has 0 aromatic heterocycles. The number of carbonyl (C=O) groups excluding carboxylic acids is 2. The molecule has 1 atom stereocenters. The van der Waals surface area contributed by atoms with Crippen molar-refractivity contribution in [1.82, 2.24) is 5.32 Å². The summed E-state index contributed by atoms with van der Waals surface area (Å²) in [7, 11) is 0. The standard InChI is InChI=1S/C32H33F3N2O5/c33-32(34,35)26-8-4-5-22(17-26)18-29(39)37(27-15-13-24(14-16-27)23-6-2-1-3-7-23)20-21-9-11-25(12-10-21)30(40)36-19-28(38)31(41)42/h4-5,8-17,23,28,38H,1-3,6-7,18-20H2,(H,36,40)(H,41,42)/t28-/m1/s1. The molecule has 0 heterocycles. The molecule has 0 spiro atoms. The molecule has 3 aromatic rings. The number of nitrogens with zero attached hydrogens (tertiary/aromatic N) is 1. The van der Waals surface area contributed by atoms with Gasteiger partial charge in [-0.2, -0.15) is 13.2 Å².